The number of piperidine rings is 1. The van der Waals surface area contributed by atoms with Crippen LogP contribution in [0.4, 0.5) is 4.79 Å². The minimum atomic E-state index is -0.526. The minimum absolute atomic E-state index is 0.137. The fourth-order valence-corrected chi connectivity index (χ4v) is 2.67. The van der Waals surface area contributed by atoms with Gasteiger partial charge in [0.05, 0.1) is 12.1 Å². The predicted octanol–water partition coefficient (Wildman–Crippen LogP) is 2.80. The molecule has 3 atom stereocenters. The molecule has 1 aliphatic heterocycles. The van der Waals surface area contributed by atoms with Crippen LogP contribution in [0.1, 0.15) is 32.3 Å². The number of likely N-dealkylation sites (tertiary alicyclic amines) is 1. The maximum Gasteiger partial charge on any atom is 0.410 e. The highest BCUT2D eigenvalue weighted by atomic mass is 16.6. The Hall–Kier alpha value is -1.55. The second-order valence-corrected chi connectivity index (χ2v) is 5.67. The summed E-state index contributed by atoms with van der Waals surface area (Å²) in [5.41, 5.74) is 0.972. The van der Waals surface area contributed by atoms with E-state index in [2.05, 4.69) is 6.92 Å². The average molecular weight is 277 g/mol. The third-order valence-corrected chi connectivity index (χ3v) is 3.90. The van der Waals surface area contributed by atoms with Crippen molar-refractivity contribution in [3.8, 4) is 0 Å². The van der Waals surface area contributed by atoms with Crippen LogP contribution in [0.25, 0.3) is 0 Å². The van der Waals surface area contributed by atoms with Gasteiger partial charge in [-0.15, -0.1) is 0 Å². The third-order valence-electron chi connectivity index (χ3n) is 3.90. The first-order chi connectivity index (χ1) is 9.58. The molecule has 4 nitrogen and oxygen atoms in total. The van der Waals surface area contributed by atoms with Crippen LogP contribution in [-0.4, -0.2) is 34.8 Å². The number of aliphatic hydroxyl groups is 1. The van der Waals surface area contributed by atoms with Gasteiger partial charge in [0.15, 0.2) is 0 Å². The molecule has 4 heteroatoms. The van der Waals surface area contributed by atoms with E-state index >= 15 is 0 Å². The number of amides is 1. The monoisotopic (exact) mass is 277 g/mol. The number of hydrogen-bond acceptors (Lipinski definition) is 3. The van der Waals surface area contributed by atoms with E-state index in [9.17, 15) is 9.90 Å². The Morgan fingerprint density at radius 2 is 2.15 bits per heavy atom. The van der Waals surface area contributed by atoms with Gasteiger partial charge >= 0.3 is 6.09 Å². The largest absolute Gasteiger partial charge is 0.445 e. The van der Waals surface area contributed by atoms with Crippen molar-refractivity contribution >= 4 is 6.09 Å². The Balaban J connectivity index is 1.93. The highest BCUT2D eigenvalue weighted by molar-refractivity contribution is 5.68. The molecule has 1 heterocycles. The minimum Gasteiger partial charge on any atom is -0.445 e. The molecule has 110 valence electrons. The summed E-state index contributed by atoms with van der Waals surface area (Å²) in [7, 11) is 0. The topological polar surface area (TPSA) is 49.8 Å². The lowest BCUT2D eigenvalue weighted by molar-refractivity contribution is 0.0106. The van der Waals surface area contributed by atoms with Gasteiger partial charge in [-0.2, -0.15) is 0 Å². The van der Waals surface area contributed by atoms with Gasteiger partial charge in [0.2, 0.25) is 0 Å². The Labute approximate surface area is 120 Å². The number of rotatable bonds is 3. The number of benzene rings is 1. The summed E-state index contributed by atoms with van der Waals surface area (Å²) >= 11 is 0. The third kappa shape index (κ3) is 3.73. The van der Waals surface area contributed by atoms with Gasteiger partial charge in [-0.1, -0.05) is 37.3 Å². The van der Waals surface area contributed by atoms with Crippen molar-refractivity contribution in [3.63, 3.8) is 0 Å². The first-order valence-corrected chi connectivity index (χ1v) is 7.23. The molecular weight excluding hydrogens is 254 g/mol. The highest BCUT2D eigenvalue weighted by Crippen LogP contribution is 2.25. The Bertz CT molecular complexity index is 433. The summed E-state index contributed by atoms with van der Waals surface area (Å²) in [6.45, 7) is 4.82. The molecule has 1 saturated heterocycles. The van der Waals surface area contributed by atoms with Gasteiger partial charge in [0.1, 0.15) is 6.61 Å². The second-order valence-electron chi connectivity index (χ2n) is 5.67. The number of carbonyl (C=O) groups is 1. The fraction of sp³-hybridized carbons (Fsp3) is 0.562. The van der Waals surface area contributed by atoms with Crippen LogP contribution in [0.2, 0.25) is 0 Å². The average Bonchev–Trinajstić information content (AvgIpc) is 2.45. The lowest BCUT2D eigenvalue weighted by Crippen LogP contribution is -2.50. The van der Waals surface area contributed by atoms with Gasteiger partial charge < -0.3 is 14.7 Å². The molecule has 0 spiro atoms. The van der Waals surface area contributed by atoms with E-state index in [1.807, 2.05) is 30.3 Å². The summed E-state index contributed by atoms with van der Waals surface area (Å²) in [4.78, 5) is 13.9. The SMILES string of the molecule is CC1CCN(C(=O)OCc2ccccc2)C(C(C)O)C1. The van der Waals surface area contributed by atoms with Crippen molar-refractivity contribution in [3.05, 3.63) is 35.9 Å². The first-order valence-electron chi connectivity index (χ1n) is 7.23. The van der Waals surface area contributed by atoms with E-state index < -0.39 is 6.10 Å². The molecule has 1 aromatic rings. The summed E-state index contributed by atoms with van der Waals surface area (Å²) in [5.74, 6) is 0.535. The molecule has 1 fully saturated rings. The Kier molecular flexibility index (Phi) is 5.01. The molecule has 0 bridgehead atoms. The molecule has 0 aliphatic carbocycles. The molecule has 20 heavy (non-hydrogen) atoms. The molecule has 1 N–H and O–H groups in total. The highest BCUT2D eigenvalue weighted by Gasteiger charge is 2.33. The molecular formula is C16H23NO3. The second kappa shape index (κ2) is 6.75. The zero-order valence-electron chi connectivity index (χ0n) is 12.2. The Morgan fingerprint density at radius 3 is 2.80 bits per heavy atom. The van der Waals surface area contributed by atoms with Gasteiger partial charge in [0, 0.05) is 6.54 Å². The van der Waals surface area contributed by atoms with Crippen molar-refractivity contribution < 1.29 is 14.6 Å². The van der Waals surface area contributed by atoms with Crippen LogP contribution in [0.5, 0.6) is 0 Å². The smallest absolute Gasteiger partial charge is 0.410 e. The van der Waals surface area contributed by atoms with Crippen molar-refractivity contribution in [2.24, 2.45) is 5.92 Å². The molecule has 0 radical (unpaired) electrons. The summed E-state index contributed by atoms with van der Waals surface area (Å²) in [6.07, 6.45) is 0.940. The van der Waals surface area contributed by atoms with Gasteiger partial charge in [-0.25, -0.2) is 4.79 Å². The number of aliphatic hydroxyl groups excluding tert-OH is 1. The van der Waals surface area contributed by atoms with E-state index in [0.717, 1.165) is 18.4 Å². The van der Waals surface area contributed by atoms with Gasteiger partial charge in [-0.05, 0) is 31.2 Å². The first kappa shape index (κ1) is 14.9. The number of nitrogens with zero attached hydrogens (tertiary/aromatic N) is 1. The fourth-order valence-electron chi connectivity index (χ4n) is 2.67. The predicted molar refractivity (Wildman–Crippen MR) is 77.2 cm³/mol. The maximum absolute atomic E-state index is 12.2. The standard InChI is InChI=1S/C16H23NO3/c1-12-8-9-17(15(10-12)13(2)18)16(19)20-11-14-6-4-3-5-7-14/h3-7,12-13,15,18H,8-11H2,1-2H3. The Morgan fingerprint density at radius 1 is 1.45 bits per heavy atom. The molecule has 1 aliphatic rings. The van der Waals surface area contributed by atoms with E-state index in [1.165, 1.54) is 0 Å². The zero-order chi connectivity index (χ0) is 14.5. The lowest BCUT2D eigenvalue weighted by atomic mass is 9.90. The van der Waals surface area contributed by atoms with E-state index in [4.69, 9.17) is 4.74 Å². The quantitative estimate of drug-likeness (QED) is 0.924. The van der Waals surface area contributed by atoms with Crippen LogP contribution in [0.3, 0.4) is 0 Å². The zero-order valence-corrected chi connectivity index (χ0v) is 12.2. The van der Waals surface area contributed by atoms with E-state index in [0.29, 0.717) is 12.5 Å². The van der Waals surface area contributed by atoms with Gasteiger partial charge in [-0.3, -0.25) is 0 Å². The normalized spacial score (nSPS) is 24.2. The van der Waals surface area contributed by atoms with E-state index in [1.54, 1.807) is 11.8 Å². The van der Waals surface area contributed by atoms with Crippen LogP contribution in [-0.2, 0) is 11.3 Å². The number of carbonyl (C=O) groups excluding carboxylic acids is 1. The number of hydrogen-bond donors (Lipinski definition) is 1. The molecule has 0 saturated carbocycles. The molecule has 1 aromatic carbocycles. The van der Waals surface area contributed by atoms with Crippen molar-refractivity contribution in [1.82, 2.24) is 4.90 Å². The van der Waals surface area contributed by atoms with E-state index in [-0.39, 0.29) is 18.7 Å². The van der Waals surface area contributed by atoms with Crippen molar-refractivity contribution in [1.29, 1.82) is 0 Å². The van der Waals surface area contributed by atoms with Crippen molar-refractivity contribution in [2.75, 3.05) is 6.54 Å². The number of ether oxygens (including phenoxy) is 1. The summed E-state index contributed by atoms with van der Waals surface area (Å²) in [6, 6.07) is 9.49. The molecule has 1 amide bonds. The summed E-state index contributed by atoms with van der Waals surface area (Å²) < 4.78 is 5.36. The van der Waals surface area contributed by atoms with Gasteiger partial charge in [0.25, 0.3) is 0 Å². The van der Waals surface area contributed by atoms with Crippen LogP contribution < -0.4 is 0 Å². The maximum atomic E-state index is 12.2. The van der Waals surface area contributed by atoms with Crippen LogP contribution in [0, 0.1) is 5.92 Å². The molecule has 2 rings (SSSR count). The molecule has 0 aromatic heterocycles. The lowest BCUT2D eigenvalue weighted by Gasteiger charge is -2.39. The van der Waals surface area contributed by atoms with Crippen LogP contribution >= 0.6 is 0 Å². The van der Waals surface area contributed by atoms with Crippen LogP contribution in [0.15, 0.2) is 30.3 Å². The summed E-state index contributed by atoms with van der Waals surface area (Å²) in [5, 5.41) is 9.85. The van der Waals surface area contributed by atoms with Crippen molar-refractivity contribution in [2.45, 2.75) is 45.4 Å². The molecule has 3 unspecified atom stereocenters.